The molecule has 0 unspecified atom stereocenters. The number of rotatable bonds is 2. The Labute approximate surface area is 119 Å². The van der Waals surface area contributed by atoms with Gasteiger partial charge in [-0.2, -0.15) is 0 Å². The van der Waals surface area contributed by atoms with Crippen molar-refractivity contribution in [3.05, 3.63) is 65.5 Å². The predicted octanol–water partition coefficient (Wildman–Crippen LogP) is 4.76. The average Bonchev–Trinajstić information content (AvgIpc) is 2.77. The Kier molecular flexibility index (Phi) is 3.15. The fourth-order valence-electron chi connectivity index (χ4n) is 2.48. The van der Waals surface area contributed by atoms with E-state index in [2.05, 4.69) is 60.8 Å². The maximum absolute atomic E-state index is 4.46. The minimum atomic E-state index is 0.955. The molecule has 1 aromatic carbocycles. The Bertz CT molecular complexity index is 776. The van der Waals surface area contributed by atoms with Crippen LogP contribution in [0.3, 0.4) is 0 Å². The minimum Gasteiger partial charge on any atom is -0.301 e. The van der Waals surface area contributed by atoms with Gasteiger partial charge in [0.25, 0.3) is 0 Å². The highest BCUT2D eigenvalue weighted by atomic mass is 15.0. The number of hydrogen-bond donors (Lipinski definition) is 0. The van der Waals surface area contributed by atoms with E-state index in [1.165, 1.54) is 27.6 Å². The topological polar surface area (TPSA) is 17.8 Å². The summed E-state index contributed by atoms with van der Waals surface area (Å²) in [6.45, 7) is 6.37. The van der Waals surface area contributed by atoms with Crippen LogP contribution >= 0.6 is 0 Å². The van der Waals surface area contributed by atoms with Crippen LogP contribution < -0.4 is 0 Å². The third kappa shape index (κ3) is 2.25. The molecule has 0 aliphatic carbocycles. The van der Waals surface area contributed by atoms with Crippen LogP contribution in [0.2, 0.25) is 0 Å². The van der Waals surface area contributed by atoms with Gasteiger partial charge in [0.1, 0.15) is 5.82 Å². The molecule has 0 saturated carbocycles. The minimum absolute atomic E-state index is 0.955. The molecule has 0 radical (unpaired) electrons. The third-order valence-corrected chi connectivity index (χ3v) is 3.33. The first kappa shape index (κ1) is 12.7. The highest BCUT2D eigenvalue weighted by Gasteiger charge is 2.09. The molecule has 0 atom stereocenters. The molecular weight excluding hydrogens is 244 g/mol. The van der Waals surface area contributed by atoms with Crippen LogP contribution in [0.5, 0.6) is 0 Å². The Morgan fingerprint density at radius 3 is 2.70 bits per heavy atom. The van der Waals surface area contributed by atoms with Crippen LogP contribution in [-0.4, -0.2) is 9.55 Å². The second-order valence-corrected chi connectivity index (χ2v) is 5.38. The lowest BCUT2D eigenvalue weighted by atomic mass is 10.1. The molecule has 0 amide bonds. The largest absolute Gasteiger partial charge is 0.301 e. The quantitative estimate of drug-likeness (QED) is 0.651. The fraction of sp³-hybridized carbons (Fsp3) is 0.167. The second kappa shape index (κ2) is 4.97. The molecule has 0 saturated heterocycles. The van der Waals surface area contributed by atoms with Gasteiger partial charge in [0, 0.05) is 23.3 Å². The summed E-state index contributed by atoms with van der Waals surface area (Å²) in [5.41, 5.74) is 5.00. The van der Waals surface area contributed by atoms with E-state index in [0.717, 1.165) is 5.82 Å². The molecule has 0 fully saturated rings. The number of aryl methyl sites for hydroxylation is 1. The lowest BCUT2D eigenvalue weighted by Crippen LogP contribution is -1.94. The van der Waals surface area contributed by atoms with Gasteiger partial charge in [-0.1, -0.05) is 29.8 Å². The molecular formula is C18H18N2. The number of nitrogens with zero attached hydrogens (tertiary/aromatic N) is 2. The lowest BCUT2D eigenvalue weighted by Gasteiger charge is -2.04. The molecule has 2 heterocycles. The number of benzene rings is 1. The van der Waals surface area contributed by atoms with E-state index in [-0.39, 0.29) is 0 Å². The van der Waals surface area contributed by atoms with E-state index in [4.69, 9.17) is 0 Å². The summed E-state index contributed by atoms with van der Waals surface area (Å²) in [6.07, 6.45) is 6.22. The molecule has 2 heteroatoms. The highest BCUT2D eigenvalue weighted by Crippen LogP contribution is 2.26. The molecule has 3 rings (SSSR count). The highest BCUT2D eigenvalue weighted by molar-refractivity contribution is 5.91. The van der Waals surface area contributed by atoms with E-state index in [0.29, 0.717) is 0 Å². The van der Waals surface area contributed by atoms with Crippen molar-refractivity contribution in [3.8, 4) is 5.82 Å². The van der Waals surface area contributed by atoms with Gasteiger partial charge in [0.15, 0.2) is 0 Å². The number of hydrogen-bond acceptors (Lipinski definition) is 1. The molecule has 0 aliphatic rings. The monoisotopic (exact) mass is 262 g/mol. The van der Waals surface area contributed by atoms with E-state index in [1.807, 2.05) is 24.4 Å². The Morgan fingerprint density at radius 1 is 1.15 bits per heavy atom. The van der Waals surface area contributed by atoms with E-state index >= 15 is 0 Å². The molecule has 0 N–H and O–H groups in total. The van der Waals surface area contributed by atoms with Crippen molar-refractivity contribution in [3.63, 3.8) is 0 Å². The van der Waals surface area contributed by atoms with Crippen molar-refractivity contribution in [2.24, 2.45) is 0 Å². The summed E-state index contributed by atoms with van der Waals surface area (Å²) in [6, 6.07) is 12.6. The standard InChI is InChI=1S/C18H18N2/c1-13(2)10-15-12-20(18-6-4-5-9-19-18)17-11-14(3)7-8-16(15)17/h4-12H,1-3H3. The average molecular weight is 262 g/mol. The Morgan fingerprint density at radius 2 is 2.00 bits per heavy atom. The maximum Gasteiger partial charge on any atom is 0.137 e. The molecule has 2 nitrogen and oxygen atoms in total. The lowest BCUT2D eigenvalue weighted by molar-refractivity contribution is 1.04. The van der Waals surface area contributed by atoms with Gasteiger partial charge in [-0.15, -0.1) is 0 Å². The molecule has 0 spiro atoms. The van der Waals surface area contributed by atoms with E-state index < -0.39 is 0 Å². The summed E-state index contributed by atoms with van der Waals surface area (Å²) in [5, 5.41) is 1.27. The normalized spacial score (nSPS) is 10.8. The molecule has 20 heavy (non-hydrogen) atoms. The van der Waals surface area contributed by atoms with Crippen molar-refractivity contribution in [2.45, 2.75) is 20.8 Å². The number of aromatic nitrogens is 2. The molecule has 0 bridgehead atoms. The third-order valence-electron chi connectivity index (χ3n) is 3.33. The van der Waals surface area contributed by atoms with Crippen molar-refractivity contribution in [2.75, 3.05) is 0 Å². The predicted molar refractivity (Wildman–Crippen MR) is 85.1 cm³/mol. The van der Waals surface area contributed by atoms with Crippen LogP contribution in [0, 0.1) is 6.92 Å². The Balaban J connectivity index is 2.32. The number of allylic oxidation sites excluding steroid dienone is 1. The first-order valence-electron chi connectivity index (χ1n) is 6.83. The van der Waals surface area contributed by atoms with Gasteiger partial charge >= 0.3 is 0 Å². The molecule has 2 aromatic heterocycles. The van der Waals surface area contributed by atoms with Gasteiger partial charge in [-0.05, 0) is 44.5 Å². The van der Waals surface area contributed by atoms with Gasteiger partial charge in [0.2, 0.25) is 0 Å². The van der Waals surface area contributed by atoms with Gasteiger partial charge in [-0.25, -0.2) is 4.98 Å². The zero-order chi connectivity index (χ0) is 14.1. The first-order valence-corrected chi connectivity index (χ1v) is 6.83. The summed E-state index contributed by atoms with van der Waals surface area (Å²) in [4.78, 5) is 4.46. The summed E-state index contributed by atoms with van der Waals surface area (Å²) in [7, 11) is 0. The molecule has 3 aromatic rings. The van der Waals surface area contributed by atoms with Gasteiger partial charge in [-0.3, -0.25) is 0 Å². The fourth-order valence-corrected chi connectivity index (χ4v) is 2.48. The number of pyridine rings is 1. The summed E-state index contributed by atoms with van der Waals surface area (Å²) in [5.74, 6) is 0.955. The zero-order valence-electron chi connectivity index (χ0n) is 12.1. The van der Waals surface area contributed by atoms with Crippen LogP contribution in [0.1, 0.15) is 25.0 Å². The van der Waals surface area contributed by atoms with Crippen molar-refractivity contribution < 1.29 is 0 Å². The van der Waals surface area contributed by atoms with Gasteiger partial charge in [0.05, 0.1) is 5.52 Å². The van der Waals surface area contributed by atoms with Crippen LogP contribution in [0.15, 0.2) is 54.4 Å². The van der Waals surface area contributed by atoms with Crippen LogP contribution in [0.25, 0.3) is 22.8 Å². The van der Waals surface area contributed by atoms with E-state index in [9.17, 15) is 0 Å². The molecule has 0 aliphatic heterocycles. The van der Waals surface area contributed by atoms with Gasteiger partial charge < -0.3 is 4.57 Å². The summed E-state index contributed by atoms with van der Waals surface area (Å²) >= 11 is 0. The zero-order valence-corrected chi connectivity index (χ0v) is 12.1. The van der Waals surface area contributed by atoms with Crippen LogP contribution in [0.4, 0.5) is 0 Å². The van der Waals surface area contributed by atoms with E-state index in [1.54, 1.807) is 0 Å². The van der Waals surface area contributed by atoms with Crippen molar-refractivity contribution in [1.82, 2.24) is 9.55 Å². The SMILES string of the molecule is CC(C)=Cc1cn(-c2ccccn2)c2cc(C)ccc12. The molecule has 100 valence electrons. The Hall–Kier alpha value is -2.35. The summed E-state index contributed by atoms with van der Waals surface area (Å²) < 4.78 is 2.16. The smallest absolute Gasteiger partial charge is 0.137 e. The first-order chi connectivity index (χ1) is 9.65. The maximum atomic E-state index is 4.46. The van der Waals surface area contributed by atoms with Crippen molar-refractivity contribution >= 4 is 17.0 Å². The van der Waals surface area contributed by atoms with Crippen LogP contribution in [-0.2, 0) is 0 Å². The second-order valence-electron chi connectivity index (χ2n) is 5.38. The number of fused-ring (bicyclic) bond motifs is 1. The van der Waals surface area contributed by atoms with Crippen molar-refractivity contribution in [1.29, 1.82) is 0 Å².